The van der Waals surface area contributed by atoms with Crippen molar-refractivity contribution in [2.75, 3.05) is 0 Å². The van der Waals surface area contributed by atoms with Crippen molar-refractivity contribution >= 4 is 21.9 Å². The molecule has 1 aromatic rings. The predicted octanol–water partition coefficient (Wildman–Crippen LogP) is 2.95. The molecule has 2 nitrogen and oxygen atoms in total. The second kappa shape index (κ2) is 4.42. The minimum atomic E-state index is -0.341. The first-order valence-electron chi connectivity index (χ1n) is 3.98. The minimum absolute atomic E-state index is 0.287. The van der Waals surface area contributed by atoms with E-state index in [-0.39, 0.29) is 11.0 Å². The van der Waals surface area contributed by atoms with E-state index in [1.807, 2.05) is 31.2 Å². The molecule has 1 unspecified atom stereocenters. The highest BCUT2D eigenvalue weighted by atomic mass is 79.9. The molecule has 0 fully saturated rings. The van der Waals surface area contributed by atoms with Crippen LogP contribution in [0.25, 0.3) is 0 Å². The molecule has 70 valence electrons. The van der Waals surface area contributed by atoms with Crippen LogP contribution in [0.15, 0.2) is 24.3 Å². The fourth-order valence-electron chi connectivity index (χ4n) is 1.05. The number of ether oxygens (including phenoxy) is 1. The number of aryl methyl sites for hydroxylation is 1. The van der Waals surface area contributed by atoms with Crippen molar-refractivity contribution in [1.82, 2.24) is 0 Å². The number of hydrogen-bond acceptors (Lipinski definition) is 2. The fourth-order valence-corrected chi connectivity index (χ4v) is 1.83. The van der Waals surface area contributed by atoms with E-state index in [0.29, 0.717) is 0 Å². The van der Waals surface area contributed by atoms with Gasteiger partial charge in [0.15, 0.2) is 5.01 Å². The summed E-state index contributed by atoms with van der Waals surface area (Å²) in [4.78, 5) is 10.7. The molecule has 0 aliphatic carbocycles. The number of rotatable bonds is 2. The third-order valence-corrected chi connectivity index (χ3v) is 2.38. The first kappa shape index (κ1) is 10.3. The van der Waals surface area contributed by atoms with Crippen molar-refractivity contribution < 1.29 is 9.53 Å². The summed E-state index contributed by atoms with van der Waals surface area (Å²) in [6, 6.07) is 7.77. The zero-order valence-electron chi connectivity index (χ0n) is 7.58. The molecule has 0 saturated carbocycles. The van der Waals surface area contributed by atoms with Crippen LogP contribution in [-0.4, -0.2) is 5.97 Å². The lowest BCUT2D eigenvalue weighted by molar-refractivity contribution is -0.142. The highest BCUT2D eigenvalue weighted by Crippen LogP contribution is 2.26. The summed E-state index contributed by atoms with van der Waals surface area (Å²) in [5.41, 5.74) is 2.09. The zero-order chi connectivity index (χ0) is 9.84. The Balaban J connectivity index is 2.82. The van der Waals surface area contributed by atoms with Crippen molar-refractivity contribution in [3.63, 3.8) is 0 Å². The molecule has 0 heterocycles. The van der Waals surface area contributed by atoms with E-state index in [0.717, 1.165) is 11.1 Å². The van der Waals surface area contributed by atoms with E-state index in [1.54, 1.807) is 0 Å². The number of benzene rings is 1. The Morgan fingerprint density at radius 1 is 1.46 bits per heavy atom. The largest absolute Gasteiger partial charge is 0.446 e. The van der Waals surface area contributed by atoms with E-state index < -0.39 is 0 Å². The lowest BCUT2D eigenvalue weighted by Gasteiger charge is -2.12. The standard InChI is InChI=1S/C10H11BrO2/c1-7-5-3-4-6-9(7)10(11)13-8(2)12/h3-6,10H,1-2H3. The van der Waals surface area contributed by atoms with E-state index in [2.05, 4.69) is 15.9 Å². The Labute approximate surface area is 86.0 Å². The Hall–Kier alpha value is -0.830. The van der Waals surface area contributed by atoms with Crippen LogP contribution in [0, 0.1) is 6.92 Å². The Morgan fingerprint density at radius 2 is 2.08 bits per heavy atom. The van der Waals surface area contributed by atoms with Gasteiger partial charge in [0, 0.05) is 12.5 Å². The SMILES string of the molecule is CC(=O)OC(Br)c1ccccc1C. The number of esters is 1. The molecule has 0 radical (unpaired) electrons. The molecule has 1 rings (SSSR count). The van der Waals surface area contributed by atoms with Gasteiger partial charge in [0.2, 0.25) is 0 Å². The molecule has 1 aromatic carbocycles. The molecule has 0 aliphatic rings. The van der Waals surface area contributed by atoms with Gasteiger partial charge in [-0.3, -0.25) is 4.79 Å². The third kappa shape index (κ3) is 2.84. The summed E-state index contributed by atoms with van der Waals surface area (Å²) in [6.07, 6.45) is 0. The van der Waals surface area contributed by atoms with Gasteiger partial charge in [-0.25, -0.2) is 0 Å². The van der Waals surface area contributed by atoms with Crippen LogP contribution in [0.4, 0.5) is 0 Å². The van der Waals surface area contributed by atoms with Gasteiger partial charge in [-0.1, -0.05) is 24.3 Å². The maximum atomic E-state index is 10.7. The lowest BCUT2D eigenvalue weighted by atomic mass is 10.1. The summed E-state index contributed by atoms with van der Waals surface area (Å²) >= 11 is 3.29. The van der Waals surface area contributed by atoms with Crippen molar-refractivity contribution in [3.8, 4) is 0 Å². The average Bonchev–Trinajstić information content (AvgIpc) is 2.03. The molecule has 0 amide bonds. The Morgan fingerprint density at radius 3 is 2.62 bits per heavy atom. The quantitative estimate of drug-likeness (QED) is 0.589. The van der Waals surface area contributed by atoms with Crippen LogP contribution in [0.3, 0.4) is 0 Å². The number of halogens is 1. The molecule has 0 aromatic heterocycles. The van der Waals surface area contributed by atoms with Crippen molar-refractivity contribution in [3.05, 3.63) is 35.4 Å². The Kier molecular flexibility index (Phi) is 3.48. The van der Waals surface area contributed by atoms with E-state index in [4.69, 9.17) is 4.74 Å². The number of carbonyl (C=O) groups is 1. The van der Waals surface area contributed by atoms with Gasteiger partial charge in [0.1, 0.15) is 0 Å². The van der Waals surface area contributed by atoms with E-state index in [9.17, 15) is 4.79 Å². The summed E-state index contributed by atoms with van der Waals surface area (Å²) in [5.74, 6) is -0.287. The average molecular weight is 243 g/mol. The van der Waals surface area contributed by atoms with Crippen molar-refractivity contribution in [1.29, 1.82) is 0 Å². The zero-order valence-corrected chi connectivity index (χ0v) is 9.17. The molecule has 0 N–H and O–H groups in total. The normalized spacial score (nSPS) is 12.2. The lowest BCUT2D eigenvalue weighted by Crippen LogP contribution is -2.03. The maximum Gasteiger partial charge on any atom is 0.304 e. The topological polar surface area (TPSA) is 26.3 Å². The molecule has 0 saturated heterocycles. The predicted molar refractivity (Wildman–Crippen MR) is 54.6 cm³/mol. The fraction of sp³-hybridized carbons (Fsp3) is 0.300. The molecular formula is C10H11BrO2. The summed E-state index contributed by atoms with van der Waals surface area (Å²) in [7, 11) is 0. The molecular weight excluding hydrogens is 232 g/mol. The van der Waals surface area contributed by atoms with Crippen LogP contribution >= 0.6 is 15.9 Å². The van der Waals surface area contributed by atoms with Crippen molar-refractivity contribution in [2.45, 2.75) is 18.9 Å². The number of carbonyl (C=O) groups excluding carboxylic acids is 1. The highest BCUT2D eigenvalue weighted by Gasteiger charge is 2.11. The molecule has 0 bridgehead atoms. The maximum absolute atomic E-state index is 10.7. The van der Waals surface area contributed by atoms with Gasteiger partial charge < -0.3 is 4.74 Å². The van der Waals surface area contributed by atoms with Crippen LogP contribution in [0.2, 0.25) is 0 Å². The number of hydrogen-bond donors (Lipinski definition) is 0. The van der Waals surface area contributed by atoms with E-state index >= 15 is 0 Å². The second-order valence-electron chi connectivity index (χ2n) is 2.78. The summed E-state index contributed by atoms with van der Waals surface area (Å²) < 4.78 is 4.99. The molecule has 0 aliphatic heterocycles. The first-order chi connectivity index (χ1) is 6.11. The Bertz CT molecular complexity index is 310. The summed E-state index contributed by atoms with van der Waals surface area (Å²) in [5, 5.41) is -0.341. The molecule has 13 heavy (non-hydrogen) atoms. The smallest absolute Gasteiger partial charge is 0.304 e. The van der Waals surface area contributed by atoms with Gasteiger partial charge in [-0.15, -0.1) is 0 Å². The van der Waals surface area contributed by atoms with Gasteiger partial charge in [0.25, 0.3) is 0 Å². The molecule has 0 spiro atoms. The van der Waals surface area contributed by atoms with E-state index in [1.165, 1.54) is 6.92 Å². The summed E-state index contributed by atoms with van der Waals surface area (Å²) in [6.45, 7) is 3.37. The van der Waals surface area contributed by atoms with Crippen LogP contribution in [-0.2, 0) is 9.53 Å². The van der Waals surface area contributed by atoms with Crippen molar-refractivity contribution in [2.24, 2.45) is 0 Å². The van der Waals surface area contributed by atoms with Gasteiger partial charge in [0.05, 0.1) is 0 Å². The molecule has 1 atom stereocenters. The first-order valence-corrected chi connectivity index (χ1v) is 4.89. The monoisotopic (exact) mass is 242 g/mol. The van der Waals surface area contributed by atoms with Gasteiger partial charge in [-0.05, 0) is 28.4 Å². The third-order valence-electron chi connectivity index (χ3n) is 1.70. The van der Waals surface area contributed by atoms with Crippen LogP contribution in [0.5, 0.6) is 0 Å². The van der Waals surface area contributed by atoms with Gasteiger partial charge in [-0.2, -0.15) is 0 Å². The minimum Gasteiger partial charge on any atom is -0.446 e. The highest BCUT2D eigenvalue weighted by molar-refractivity contribution is 9.09. The second-order valence-corrected chi connectivity index (χ2v) is 3.61. The van der Waals surface area contributed by atoms with Crippen LogP contribution < -0.4 is 0 Å². The van der Waals surface area contributed by atoms with Gasteiger partial charge >= 0.3 is 5.97 Å². The van der Waals surface area contributed by atoms with Crippen LogP contribution in [0.1, 0.15) is 23.1 Å². The number of alkyl halides is 1. The molecule has 3 heteroatoms.